The molecular formula is C21H28N4. The molecule has 3 rings (SSSR count). The van der Waals surface area contributed by atoms with E-state index in [1.807, 2.05) is 12.1 Å². The molecule has 2 aromatic rings. The van der Waals surface area contributed by atoms with Gasteiger partial charge in [-0.1, -0.05) is 48.9 Å². The first-order chi connectivity index (χ1) is 12.2. The van der Waals surface area contributed by atoms with E-state index in [-0.39, 0.29) is 0 Å². The van der Waals surface area contributed by atoms with Crippen molar-refractivity contribution in [3.8, 4) is 0 Å². The molecule has 0 fully saturated rings. The molecule has 0 radical (unpaired) electrons. The van der Waals surface area contributed by atoms with Crippen molar-refractivity contribution in [2.75, 3.05) is 18.4 Å². The number of hydrogen-bond donors (Lipinski definition) is 2. The Morgan fingerprint density at radius 3 is 2.60 bits per heavy atom. The third-order valence-electron chi connectivity index (χ3n) is 4.94. The number of nitrogens with zero attached hydrogens (tertiary/aromatic N) is 2. The van der Waals surface area contributed by atoms with E-state index in [0.29, 0.717) is 12.0 Å². The lowest BCUT2D eigenvalue weighted by atomic mass is 9.98. The maximum atomic E-state index is 6.07. The maximum absolute atomic E-state index is 6.07. The molecule has 2 aromatic carbocycles. The summed E-state index contributed by atoms with van der Waals surface area (Å²) in [6, 6.07) is 17.4. The summed E-state index contributed by atoms with van der Waals surface area (Å²) in [6.07, 6.45) is 2.19. The first-order valence-corrected chi connectivity index (χ1v) is 9.10. The highest BCUT2D eigenvalue weighted by Crippen LogP contribution is 2.21. The van der Waals surface area contributed by atoms with Crippen LogP contribution in [0.1, 0.15) is 30.0 Å². The van der Waals surface area contributed by atoms with E-state index >= 15 is 0 Å². The van der Waals surface area contributed by atoms with Crippen LogP contribution in [0.15, 0.2) is 53.5 Å². The topological polar surface area (TPSA) is 53.6 Å². The van der Waals surface area contributed by atoms with Gasteiger partial charge in [0, 0.05) is 24.8 Å². The zero-order valence-electron chi connectivity index (χ0n) is 15.2. The summed E-state index contributed by atoms with van der Waals surface area (Å²) in [7, 11) is 0. The van der Waals surface area contributed by atoms with Crippen molar-refractivity contribution in [3.63, 3.8) is 0 Å². The van der Waals surface area contributed by atoms with Crippen molar-refractivity contribution in [2.45, 2.75) is 39.3 Å². The standard InChI is InChI=1S/C21H28N4/c1-3-20(25-13-12-17-6-4-5-7-18(17)15-25)14-23-21(22)24-19-10-8-16(2)9-11-19/h4-11,20H,3,12-15H2,1-2H3,(H3,22,23,24). The molecule has 0 amide bonds. The van der Waals surface area contributed by atoms with Gasteiger partial charge in [0.25, 0.3) is 0 Å². The molecule has 0 spiro atoms. The lowest BCUT2D eigenvalue weighted by molar-refractivity contribution is 0.178. The zero-order chi connectivity index (χ0) is 17.6. The number of benzene rings is 2. The molecule has 0 bridgehead atoms. The third kappa shape index (κ3) is 4.60. The van der Waals surface area contributed by atoms with E-state index in [2.05, 4.69) is 65.5 Å². The van der Waals surface area contributed by atoms with E-state index in [4.69, 9.17) is 5.73 Å². The van der Waals surface area contributed by atoms with Gasteiger partial charge in [-0.2, -0.15) is 0 Å². The number of guanidine groups is 1. The van der Waals surface area contributed by atoms with Gasteiger partial charge in [-0.15, -0.1) is 0 Å². The average molecular weight is 336 g/mol. The van der Waals surface area contributed by atoms with Crippen molar-refractivity contribution in [1.82, 2.24) is 4.90 Å². The first kappa shape index (κ1) is 17.5. The SMILES string of the molecule is CCC(CN=C(N)Nc1ccc(C)cc1)N1CCc2ccccc2C1. The van der Waals surface area contributed by atoms with E-state index in [1.54, 1.807) is 0 Å². The Bertz CT molecular complexity index is 721. The van der Waals surface area contributed by atoms with Gasteiger partial charge in [0.2, 0.25) is 0 Å². The van der Waals surface area contributed by atoms with Crippen LogP contribution in [-0.2, 0) is 13.0 Å². The molecule has 0 aliphatic carbocycles. The van der Waals surface area contributed by atoms with Crippen molar-refractivity contribution in [1.29, 1.82) is 0 Å². The van der Waals surface area contributed by atoms with Gasteiger partial charge in [-0.3, -0.25) is 9.89 Å². The van der Waals surface area contributed by atoms with Gasteiger partial charge in [-0.05, 0) is 43.0 Å². The number of nitrogens with two attached hydrogens (primary N) is 1. The zero-order valence-corrected chi connectivity index (χ0v) is 15.2. The molecule has 132 valence electrons. The summed E-state index contributed by atoms with van der Waals surface area (Å²) in [5, 5.41) is 3.18. The Kier molecular flexibility index (Phi) is 5.71. The minimum absolute atomic E-state index is 0.423. The molecule has 1 aliphatic heterocycles. The van der Waals surface area contributed by atoms with Gasteiger partial charge in [-0.25, -0.2) is 0 Å². The van der Waals surface area contributed by atoms with E-state index in [1.165, 1.54) is 16.7 Å². The molecule has 1 aliphatic rings. The van der Waals surface area contributed by atoms with Crippen molar-refractivity contribution < 1.29 is 0 Å². The number of fused-ring (bicyclic) bond motifs is 1. The monoisotopic (exact) mass is 336 g/mol. The molecule has 1 unspecified atom stereocenters. The second-order valence-corrected chi connectivity index (χ2v) is 6.77. The fourth-order valence-electron chi connectivity index (χ4n) is 3.36. The normalized spacial score (nSPS) is 16.3. The molecule has 25 heavy (non-hydrogen) atoms. The predicted molar refractivity (Wildman–Crippen MR) is 106 cm³/mol. The van der Waals surface area contributed by atoms with Gasteiger partial charge in [0.1, 0.15) is 0 Å². The lowest BCUT2D eigenvalue weighted by Gasteiger charge is -2.34. The van der Waals surface area contributed by atoms with Crippen LogP contribution in [0, 0.1) is 6.92 Å². The summed E-state index contributed by atoms with van der Waals surface area (Å²) in [4.78, 5) is 7.12. The number of aryl methyl sites for hydroxylation is 1. The van der Waals surface area contributed by atoms with Crippen LogP contribution in [0.4, 0.5) is 5.69 Å². The number of nitrogens with one attached hydrogen (secondary N) is 1. The molecule has 1 atom stereocenters. The molecule has 1 heterocycles. The highest BCUT2D eigenvalue weighted by Gasteiger charge is 2.21. The number of aliphatic imine (C=N–C) groups is 1. The Labute approximate surface area is 150 Å². The van der Waals surface area contributed by atoms with Crippen molar-refractivity contribution >= 4 is 11.6 Å². The van der Waals surface area contributed by atoms with Crippen molar-refractivity contribution in [3.05, 3.63) is 65.2 Å². The maximum Gasteiger partial charge on any atom is 0.193 e. The summed E-state index contributed by atoms with van der Waals surface area (Å²) < 4.78 is 0. The molecule has 4 nitrogen and oxygen atoms in total. The Morgan fingerprint density at radius 1 is 1.16 bits per heavy atom. The van der Waals surface area contributed by atoms with E-state index < -0.39 is 0 Å². The fraction of sp³-hybridized carbons (Fsp3) is 0.381. The Hall–Kier alpha value is -2.33. The molecule has 0 saturated heterocycles. The summed E-state index contributed by atoms with van der Waals surface area (Å²) in [5.74, 6) is 0.486. The highest BCUT2D eigenvalue weighted by molar-refractivity contribution is 5.92. The lowest BCUT2D eigenvalue weighted by Crippen LogP contribution is -2.41. The molecular weight excluding hydrogens is 308 g/mol. The van der Waals surface area contributed by atoms with Crippen LogP contribution < -0.4 is 11.1 Å². The average Bonchev–Trinajstić information content (AvgIpc) is 2.64. The van der Waals surface area contributed by atoms with Crippen LogP contribution in [0.25, 0.3) is 0 Å². The quantitative estimate of drug-likeness (QED) is 0.648. The van der Waals surface area contributed by atoms with Crippen LogP contribution in [0.2, 0.25) is 0 Å². The second kappa shape index (κ2) is 8.17. The van der Waals surface area contributed by atoms with Crippen LogP contribution in [-0.4, -0.2) is 30.0 Å². The minimum Gasteiger partial charge on any atom is -0.370 e. The predicted octanol–water partition coefficient (Wildman–Crippen LogP) is 3.56. The smallest absolute Gasteiger partial charge is 0.193 e. The third-order valence-corrected chi connectivity index (χ3v) is 4.94. The number of rotatable bonds is 5. The summed E-state index contributed by atoms with van der Waals surface area (Å²) in [5.41, 5.74) is 11.2. The molecule has 3 N–H and O–H groups in total. The summed E-state index contributed by atoms with van der Waals surface area (Å²) in [6.45, 7) is 7.13. The van der Waals surface area contributed by atoms with Gasteiger partial charge in [0.15, 0.2) is 5.96 Å². The van der Waals surface area contributed by atoms with Crippen LogP contribution >= 0.6 is 0 Å². The fourth-order valence-corrected chi connectivity index (χ4v) is 3.36. The van der Waals surface area contributed by atoms with Gasteiger partial charge < -0.3 is 11.1 Å². The molecule has 0 saturated carbocycles. The second-order valence-electron chi connectivity index (χ2n) is 6.77. The van der Waals surface area contributed by atoms with Crippen LogP contribution in [0.3, 0.4) is 0 Å². The number of anilines is 1. The molecule has 4 heteroatoms. The minimum atomic E-state index is 0.423. The van der Waals surface area contributed by atoms with Gasteiger partial charge >= 0.3 is 0 Å². The van der Waals surface area contributed by atoms with Crippen LogP contribution in [0.5, 0.6) is 0 Å². The number of hydrogen-bond acceptors (Lipinski definition) is 2. The van der Waals surface area contributed by atoms with Gasteiger partial charge in [0.05, 0.1) is 6.54 Å². The first-order valence-electron chi connectivity index (χ1n) is 9.10. The Balaban J connectivity index is 1.59. The summed E-state index contributed by atoms with van der Waals surface area (Å²) >= 11 is 0. The van der Waals surface area contributed by atoms with E-state index in [9.17, 15) is 0 Å². The Morgan fingerprint density at radius 2 is 1.88 bits per heavy atom. The van der Waals surface area contributed by atoms with Crippen molar-refractivity contribution in [2.24, 2.45) is 10.7 Å². The highest BCUT2D eigenvalue weighted by atomic mass is 15.2. The molecule has 0 aromatic heterocycles. The van der Waals surface area contributed by atoms with E-state index in [0.717, 1.165) is 38.2 Å². The largest absolute Gasteiger partial charge is 0.370 e.